The monoisotopic (exact) mass is 828 g/mol. The lowest BCUT2D eigenvalue weighted by Crippen LogP contribution is -2.55. The smallest absolute Gasteiger partial charge is 0.306 e. The zero-order valence-corrected chi connectivity index (χ0v) is 38.7. The number of allylic oxidation sites excluding steroid dienone is 10. The Morgan fingerprint density at radius 2 is 1.00 bits per heavy atom. The maximum Gasteiger partial charge on any atom is 0.306 e. The molecule has 0 heterocycles. The van der Waals surface area contributed by atoms with Gasteiger partial charge < -0.3 is 28.6 Å². The topological polar surface area (TPSA) is 102 Å². The molecule has 0 fully saturated rings. The van der Waals surface area contributed by atoms with Gasteiger partial charge in [0.15, 0.2) is 6.10 Å². The van der Waals surface area contributed by atoms with Crippen molar-refractivity contribution in [3.05, 3.63) is 60.8 Å². The number of carbonyl (C=O) groups excluding carboxylic acids is 3. The van der Waals surface area contributed by atoms with Crippen LogP contribution >= 0.6 is 0 Å². The number of unbranched alkanes of at least 4 members (excludes halogenated alkanes) is 19. The van der Waals surface area contributed by atoms with Crippen LogP contribution in [0.3, 0.4) is 0 Å². The number of hydrogen-bond acceptors (Lipinski definition) is 7. The molecule has 0 N–H and O–H groups in total. The highest BCUT2D eigenvalue weighted by Gasteiger charge is 2.25. The van der Waals surface area contributed by atoms with Crippen LogP contribution in [0, 0.1) is 0 Å². The maximum atomic E-state index is 12.8. The zero-order valence-electron chi connectivity index (χ0n) is 38.7. The van der Waals surface area contributed by atoms with Crippen LogP contribution in [0.2, 0.25) is 0 Å². The summed E-state index contributed by atoms with van der Waals surface area (Å²) in [5.74, 6) is -1.76. The van der Waals surface area contributed by atoms with Gasteiger partial charge in [0.2, 0.25) is 0 Å². The average Bonchev–Trinajstić information content (AvgIpc) is 3.19. The molecule has 0 bridgehead atoms. The van der Waals surface area contributed by atoms with Gasteiger partial charge in [-0.25, -0.2) is 0 Å². The van der Waals surface area contributed by atoms with Crippen molar-refractivity contribution in [1.29, 1.82) is 0 Å². The number of esters is 2. The third-order valence-electron chi connectivity index (χ3n) is 10.4. The zero-order chi connectivity index (χ0) is 43.5. The van der Waals surface area contributed by atoms with E-state index >= 15 is 0 Å². The SMILES string of the molecule is CC/C=C/C/C=C/C/C=C/CCCCCCCCC(=O)OCC(COCCC(C(=O)[O-])[N+](C)(C)C)OC(=O)CCCCCCCCCCCC/C=C/C=C/CCCCC. The van der Waals surface area contributed by atoms with Gasteiger partial charge in [0.1, 0.15) is 12.6 Å². The van der Waals surface area contributed by atoms with Crippen LogP contribution in [0.5, 0.6) is 0 Å². The number of carboxylic acid groups (broad SMARTS) is 1. The van der Waals surface area contributed by atoms with Gasteiger partial charge in [0.05, 0.1) is 40.3 Å². The first kappa shape index (κ1) is 56.0. The third kappa shape index (κ3) is 40.2. The van der Waals surface area contributed by atoms with Gasteiger partial charge in [-0.15, -0.1) is 0 Å². The van der Waals surface area contributed by atoms with Crippen molar-refractivity contribution < 1.29 is 38.2 Å². The molecule has 2 atom stereocenters. The highest BCUT2D eigenvalue weighted by Crippen LogP contribution is 2.14. The molecule has 0 amide bonds. The van der Waals surface area contributed by atoms with E-state index in [1.54, 1.807) is 21.1 Å². The van der Waals surface area contributed by atoms with Gasteiger partial charge in [-0.05, 0) is 70.6 Å². The van der Waals surface area contributed by atoms with Crippen LogP contribution < -0.4 is 5.11 Å². The molecular weight excluding hydrogens is 739 g/mol. The second-order valence-corrected chi connectivity index (χ2v) is 17.0. The number of quaternary nitrogens is 1. The number of likely N-dealkylation sites (N-methyl/N-ethyl adjacent to an activating group) is 1. The lowest BCUT2D eigenvalue weighted by molar-refractivity contribution is -0.889. The van der Waals surface area contributed by atoms with Crippen LogP contribution in [-0.2, 0) is 28.6 Å². The summed E-state index contributed by atoms with van der Waals surface area (Å²) in [5, 5.41) is 11.6. The molecule has 59 heavy (non-hydrogen) atoms. The van der Waals surface area contributed by atoms with E-state index in [9.17, 15) is 19.5 Å². The van der Waals surface area contributed by atoms with E-state index in [4.69, 9.17) is 14.2 Å². The van der Waals surface area contributed by atoms with Gasteiger partial charge in [-0.2, -0.15) is 0 Å². The van der Waals surface area contributed by atoms with Crippen LogP contribution in [0.1, 0.15) is 194 Å². The molecule has 8 nitrogen and oxygen atoms in total. The van der Waals surface area contributed by atoms with Crippen molar-refractivity contribution in [2.45, 2.75) is 206 Å². The molecule has 0 spiro atoms. The minimum Gasteiger partial charge on any atom is -0.544 e. The van der Waals surface area contributed by atoms with Gasteiger partial charge in [0.25, 0.3) is 0 Å². The molecule has 8 heteroatoms. The van der Waals surface area contributed by atoms with Crippen LogP contribution in [0.4, 0.5) is 0 Å². The fourth-order valence-corrected chi connectivity index (χ4v) is 6.72. The van der Waals surface area contributed by atoms with Crippen molar-refractivity contribution in [2.75, 3.05) is 41.0 Å². The standard InChI is InChI=1S/C51H89NO7/c1-6-8-10-12-14-16-18-20-22-24-25-26-28-30-32-34-36-38-40-42-50(54)59-47(45-57-44-43-48(51(55)56)52(3,4)5)46-58-49(53)41-39-37-35-33-31-29-27-23-21-19-17-15-13-11-9-7-2/h9,11,14-18,20-21,23,47-48H,6-8,10,12-13,19,22,24-46H2,1-5H3/b11-9+,16-14+,17-15+,20-18+,23-21+. The Kier molecular flexibility index (Phi) is 39.6. The minimum absolute atomic E-state index is 0.0334. The Balaban J connectivity index is 4.31. The fourth-order valence-electron chi connectivity index (χ4n) is 6.72. The Labute approximate surface area is 362 Å². The first-order valence-corrected chi connectivity index (χ1v) is 23.8. The van der Waals surface area contributed by atoms with E-state index in [0.29, 0.717) is 12.8 Å². The predicted molar refractivity (Wildman–Crippen MR) is 245 cm³/mol. The number of rotatable bonds is 42. The van der Waals surface area contributed by atoms with Crippen LogP contribution in [-0.4, -0.2) is 75.5 Å². The van der Waals surface area contributed by atoms with Gasteiger partial charge in [0, 0.05) is 19.3 Å². The Morgan fingerprint density at radius 1 is 0.542 bits per heavy atom. The lowest BCUT2D eigenvalue weighted by Gasteiger charge is -2.34. The molecule has 0 radical (unpaired) electrons. The number of hydrogen-bond donors (Lipinski definition) is 0. The highest BCUT2D eigenvalue weighted by atomic mass is 16.6. The summed E-state index contributed by atoms with van der Waals surface area (Å²) in [5.41, 5.74) is 0. The molecule has 2 unspecified atom stereocenters. The Morgan fingerprint density at radius 3 is 1.51 bits per heavy atom. The third-order valence-corrected chi connectivity index (χ3v) is 10.4. The lowest BCUT2D eigenvalue weighted by atomic mass is 10.1. The Hall–Kier alpha value is -2.97. The van der Waals surface area contributed by atoms with Crippen LogP contribution in [0.25, 0.3) is 0 Å². The predicted octanol–water partition coefficient (Wildman–Crippen LogP) is 12.0. The summed E-state index contributed by atoms with van der Waals surface area (Å²) >= 11 is 0. The summed E-state index contributed by atoms with van der Waals surface area (Å²) in [6, 6.07) is -0.730. The number of ether oxygens (including phenoxy) is 3. The number of aliphatic carboxylic acids is 1. The number of carboxylic acids is 1. The molecule has 0 aliphatic heterocycles. The molecule has 0 saturated carbocycles. The van der Waals surface area contributed by atoms with Gasteiger partial charge >= 0.3 is 11.9 Å². The Bertz CT molecular complexity index is 1150. The summed E-state index contributed by atoms with van der Waals surface area (Å²) in [4.78, 5) is 36.9. The van der Waals surface area contributed by atoms with E-state index in [-0.39, 0.29) is 42.7 Å². The summed E-state index contributed by atoms with van der Waals surface area (Å²) in [6.07, 6.45) is 51.0. The van der Waals surface area contributed by atoms with Crippen molar-refractivity contribution in [3.8, 4) is 0 Å². The van der Waals surface area contributed by atoms with Crippen LogP contribution in [0.15, 0.2) is 60.8 Å². The maximum absolute atomic E-state index is 12.8. The molecule has 0 saturated heterocycles. The van der Waals surface area contributed by atoms with E-state index in [0.717, 1.165) is 70.6 Å². The highest BCUT2D eigenvalue weighted by molar-refractivity contribution is 5.70. The molecule has 0 aromatic heterocycles. The van der Waals surface area contributed by atoms with Crippen molar-refractivity contribution >= 4 is 17.9 Å². The molecule has 0 aromatic carbocycles. The summed E-state index contributed by atoms with van der Waals surface area (Å²) in [6.45, 7) is 4.51. The average molecular weight is 828 g/mol. The van der Waals surface area contributed by atoms with Gasteiger partial charge in [-0.1, -0.05) is 164 Å². The second-order valence-electron chi connectivity index (χ2n) is 17.0. The molecule has 340 valence electrons. The molecule has 0 rings (SSSR count). The normalized spacial score (nSPS) is 13.4. The molecule has 0 aliphatic carbocycles. The van der Waals surface area contributed by atoms with Crippen molar-refractivity contribution in [1.82, 2.24) is 0 Å². The fraction of sp³-hybridized carbons (Fsp3) is 0.745. The first-order valence-electron chi connectivity index (χ1n) is 23.8. The number of nitrogens with zero attached hydrogens (tertiary/aromatic N) is 1. The minimum atomic E-state index is -1.13. The second kappa shape index (κ2) is 41.8. The van der Waals surface area contributed by atoms with E-state index in [1.807, 2.05) is 0 Å². The first-order chi connectivity index (χ1) is 28.6. The van der Waals surface area contributed by atoms with E-state index in [1.165, 1.54) is 89.9 Å². The molecular formula is C51H89NO7. The van der Waals surface area contributed by atoms with E-state index < -0.39 is 18.1 Å². The molecule has 0 aromatic rings. The van der Waals surface area contributed by atoms with E-state index in [2.05, 4.69) is 74.6 Å². The van der Waals surface area contributed by atoms with Crippen molar-refractivity contribution in [2.24, 2.45) is 0 Å². The van der Waals surface area contributed by atoms with Crippen molar-refractivity contribution in [3.63, 3.8) is 0 Å². The van der Waals surface area contributed by atoms with Gasteiger partial charge in [-0.3, -0.25) is 9.59 Å². The number of carbonyl (C=O) groups is 3. The summed E-state index contributed by atoms with van der Waals surface area (Å²) < 4.78 is 17.2. The summed E-state index contributed by atoms with van der Waals surface area (Å²) in [7, 11) is 5.40. The quantitative estimate of drug-likeness (QED) is 0.0198. The largest absolute Gasteiger partial charge is 0.544 e. The molecule has 0 aliphatic rings.